The van der Waals surface area contributed by atoms with Crippen LogP contribution in [-0.2, 0) is 36.2 Å². The van der Waals surface area contributed by atoms with Gasteiger partial charge >= 0.3 is 23.9 Å². The zero-order chi connectivity index (χ0) is 53.0. The van der Waals surface area contributed by atoms with Gasteiger partial charge in [-0.2, -0.15) is 0 Å². The van der Waals surface area contributed by atoms with Crippen molar-refractivity contribution < 1.29 is 55.2 Å². The van der Waals surface area contributed by atoms with E-state index < -0.39 is 23.9 Å². The van der Waals surface area contributed by atoms with Gasteiger partial charge in [-0.05, 0) is 145 Å². The fourth-order valence-electron chi connectivity index (χ4n) is 8.64. The summed E-state index contributed by atoms with van der Waals surface area (Å²) in [6, 6.07) is 37.3. The van der Waals surface area contributed by atoms with Gasteiger partial charge in [-0.25, -0.2) is 29.1 Å². The third kappa shape index (κ3) is 13.0. The average molecular weight is 1070 g/mol. The number of fused-ring (bicyclic) bond motifs is 8. The van der Waals surface area contributed by atoms with Crippen LogP contribution in [0.15, 0.2) is 170 Å². The summed E-state index contributed by atoms with van der Waals surface area (Å²) in [7, 11) is 0. The molecule has 0 saturated heterocycles. The maximum atomic E-state index is 12.6. The molecular weight excluding hydrogens is 1020 g/mol. The van der Waals surface area contributed by atoms with Crippen LogP contribution in [0.2, 0.25) is 0 Å². The van der Waals surface area contributed by atoms with E-state index in [2.05, 4.69) is 9.97 Å². The topological polar surface area (TPSA) is 163 Å². The zero-order valence-corrected chi connectivity index (χ0v) is 43.7. The Morgan fingerprint density at radius 2 is 0.558 bits per heavy atom. The standard InChI is InChI=1S/C64H54N4O8.Cu/c1-5-9-13-57(69)73-45-25-17-41(18-26-45)61-49-33-35-51(65-49)62(42-19-27-46(28-20-42)74-58(70)14-10-6-2)53-37-39-55(67-53)64(44-23-31-48(32-24-44)76-60(72)16-12-8-4)56-40-38-54(68-56)63(52-36-34-50(61)66-52)43-21-29-47(30-22-43)75-59(71)15-11-7-3;/h9-40,65,68H,5-8H2,1-4H3;. The van der Waals surface area contributed by atoms with E-state index in [1.807, 2.05) is 125 Å². The van der Waals surface area contributed by atoms with E-state index in [-0.39, 0.29) is 17.1 Å². The van der Waals surface area contributed by atoms with E-state index in [4.69, 9.17) is 28.9 Å². The van der Waals surface area contributed by atoms with Crippen molar-refractivity contribution in [1.82, 2.24) is 19.9 Å². The Labute approximate surface area is 456 Å². The molecule has 0 spiro atoms. The SMILES string of the molecule is CCC=CC(=O)Oc1ccc(-c2c3nc(c(-c4ccc(OC(=O)C=CCC)cc4)c4ccc([nH]4)c(-c4ccc(OC(=O)C=CCC)cc4)c4nc(c(-c5ccc(OC(=O)C=CCC)cc5)c5ccc2[nH]5)C=C4)C=C3)cc1.[Cu]. The number of rotatable bonds is 16. The first-order valence-corrected chi connectivity index (χ1v) is 25.2. The number of hydrogen-bond acceptors (Lipinski definition) is 10. The van der Waals surface area contributed by atoms with E-state index in [9.17, 15) is 19.2 Å². The summed E-state index contributed by atoms with van der Waals surface area (Å²) in [6.45, 7) is 7.78. The maximum absolute atomic E-state index is 12.6. The molecule has 77 heavy (non-hydrogen) atoms. The fourth-order valence-corrected chi connectivity index (χ4v) is 8.64. The van der Waals surface area contributed by atoms with Crippen molar-refractivity contribution in [1.29, 1.82) is 0 Å². The minimum Gasteiger partial charge on any atom is -0.423 e. The molecule has 9 rings (SSSR count). The summed E-state index contributed by atoms with van der Waals surface area (Å²) in [6.07, 6.45) is 23.4. The zero-order valence-electron chi connectivity index (χ0n) is 42.8. The Kier molecular flexibility index (Phi) is 17.8. The third-order valence-corrected chi connectivity index (χ3v) is 12.2. The molecule has 1 radical (unpaired) electrons. The molecule has 0 aliphatic carbocycles. The maximum Gasteiger partial charge on any atom is 0.335 e. The first kappa shape index (κ1) is 54.1. The second-order valence-corrected chi connectivity index (χ2v) is 17.5. The van der Waals surface area contributed by atoms with Gasteiger partial charge in [-0.3, -0.25) is 0 Å². The molecule has 0 unspecified atom stereocenters. The Hall–Kier alpha value is -9.16. The van der Waals surface area contributed by atoms with E-state index in [0.29, 0.717) is 71.5 Å². The number of ether oxygens (including phenoxy) is 4. The molecule has 4 aromatic carbocycles. The Morgan fingerprint density at radius 1 is 0.351 bits per heavy atom. The Morgan fingerprint density at radius 3 is 0.753 bits per heavy atom. The second kappa shape index (κ2) is 25.4. The van der Waals surface area contributed by atoms with Gasteiger partial charge in [0, 0.05) is 85.7 Å². The molecule has 389 valence electrons. The number of aromatic amines is 2. The second-order valence-electron chi connectivity index (χ2n) is 17.5. The minimum atomic E-state index is -0.466. The van der Waals surface area contributed by atoms with Gasteiger partial charge in [0.25, 0.3) is 0 Å². The van der Waals surface area contributed by atoms with Crippen LogP contribution in [0, 0.1) is 0 Å². The van der Waals surface area contributed by atoms with Crippen LogP contribution in [-0.4, -0.2) is 43.8 Å². The summed E-state index contributed by atoms with van der Waals surface area (Å²) in [4.78, 5) is 68.5. The Balaban J connectivity index is 0.00000784. The van der Waals surface area contributed by atoms with E-state index in [1.54, 1.807) is 72.8 Å². The van der Waals surface area contributed by atoms with Crippen molar-refractivity contribution in [3.63, 3.8) is 0 Å². The molecule has 2 N–H and O–H groups in total. The summed E-state index contributed by atoms with van der Waals surface area (Å²) in [5.41, 5.74) is 11.8. The quantitative estimate of drug-likeness (QED) is 0.0412. The molecule has 7 aromatic rings. The van der Waals surface area contributed by atoms with Gasteiger partial charge in [0.05, 0.1) is 22.8 Å². The molecule has 5 heterocycles. The van der Waals surface area contributed by atoms with Gasteiger partial charge in [-0.15, -0.1) is 0 Å². The van der Waals surface area contributed by atoms with Crippen molar-refractivity contribution in [2.75, 3.05) is 0 Å². The van der Waals surface area contributed by atoms with Crippen LogP contribution < -0.4 is 18.9 Å². The number of carbonyl (C=O) groups excluding carboxylic acids is 4. The molecule has 0 atom stereocenters. The summed E-state index contributed by atoms with van der Waals surface area (Å²) < 4.78 is 22.5. The van der Waals surface area contributed by atoms with Crippen molar-refractivity contribution >= 4 is 70.2 Å². The summed E-state index contributed by atoms with van der Waals surface area (Å²) in [5, 5.41) is 0. The predicted octanol–water partition coefficient (Wildman–Crippen LogP) is 14.8. The van der Waals surface area contributed by atoms with E-state index >= 15 is 0 Å². The van der Waals surface area contributed by atoms with Gasteiger partial charge < -0.3 is 28.9 Å². The number of esters is 4. The normalized spacial score (nSPS) is 11.9. The van der Waals surface area contributed by atoms with Crippen LogP contribution in [0.25, 0.3) is 90.9 Å². The number of nitrogens with one attached hydrogen (secondary N) is 2. The van der Waals surface area contributed by atoms with Crippen LogP contribution in [0.1, 0.15) is 76.2 Å². The van der Waals surface area contributed by atoms with Crippen molar-refractivity contribution in [2.45, 2.75) is 53.4 Å². The minimum absolute atomic E-state index is 0. The first-order valence-electron chi connectivity index (χ1n) is 25.2. The van der Waals surface area contributed by atoms with Crippen molar-refractivity contribution in [3.8, 4) is 67.5 Å². The molecule has 13 heteroatoms. The summed E-state index contributed by atoms with van der Waals surface area (Å²) >= 11 is 0. The van der Waals surface area contributed by atoms with Gasteiger partial charge in [0.1, 0.15) is 23.0 Å². The van der Waals surface area contributed by atoms with Crippen molar-refractivity contribution in [2.24, 2.45) is 0 Å². The molecule has 0 fully saturated rings. The first-order chi connectivity index (χ1) is 37.1. The third-order valence-electron chi connectivity index (χ3n) is 12.2. The smallest absolute Gasteiger partial charge is 0.335 e. The van der Waals surface area contributed by atoms with Crippen LogP contribution >= 0.6 is 0 Å². The largest absolute Gasteiger partial charge is 0.423 e. The number of allylic oxidation sites excluding steroid dienone is 4. The van der Waals surface area contributed by atoms with Crippen LogP contribution in [0.4, 0.5) is 0 Å². The molecule has 3 aromatic heterocycles. The number of aromatic nitrogens is 4. The number of H-pyrrole nitrogens is 2. The average Bonchev–Trinajstić information content (AvgIpc) is 4.35. The van der Waals surface area contributed by atoms with Gasteiger partial charge in [0.2, 0.25) is 0 Å². The molecule has 8 bridgehead atoms. The monoisotopic (exact) mass is 1070 g/mol. The molecule has 12 nitrogen and oxygen atoms in total. The predicted molar refractivity (Wildman–Crippen MR) is 301 cm³/mol. The van der Waals surface area contributed by atoms with E-state index in [1.165, 1.54) is 24.3 Å². The molecular formula is C64H54CuN4O8. The van der Waals surface area contributed by atoms with Gasteiger partial charge in [0.15, 0.2) is 0 Å². The summed E-state index contributed by atoms with van der Waals surface area (Å²) in [5.74, 6) is -0.311. The molecule has 2 aliphatic heterocycles. The van der Waals surface area contributed by atoms with Crippen molar-refractivity contribution in [3.05, 3.63) is 193 Å². The molecule has 0 saturated carbocycles. The number of nitrogens with zero attached hydrogens (tertiary/aromatic N) is 2. The van der Waals surface area contributed by atoms with E-state index in [0.717, 1.165) is 66.6 Å². The number of carbonyl (C=O) groups is 4. The Bertz CT molecular complexity index is 3220. The van der Waals surface area contributed by atoms with Crippen LogP contribution in [0.5, 0.6) is 23.0 Å². The van der Waals surface area contributed by atoms with Gasteiger partial charge in [-0.1, -0.05) is 101 Å². The number of hydrogen-bond donors (Lipinski definition) is 2. The molecule has 2 aliphatic rings. The number of benzene rings is 4. The van der Waals surface area contributed by atoms with Crippen LogP contribution in [0.3, 0.4) is 0 Å². The molecule has 0 amide bonds. The fraction of sp³-hybridized carbons (Fsp3) is 0.125.